The molecule has 3 heterocycles. The SMILES string of the molecule is COc1cc2c(cc1C(=O)Nc1cccc(-c3nncn3[C@H](C)CO)n1)CN(C(=O)c1ccc(F)cc1)C2. The quantitative estimate of drug-likeness (QED) is 0.386. The predicted octanol–water partition coefficient (Wildman–Crippen LogP) is 3.45. The largest absolute Gasteiger partial charge is 0.496 e. The third-order valence-electron chi connectivity index (χ3n) is 6.40. The second kappa shape index (κ2) is 10.4. The number of nitrogens with zero attached hydrogens (tertiary/aromatic N) is 5. The normalized spacial score (nSPS) is 13.2. The molecule has 10 nitrogen and oxygen atoms in total. The summed E-state index contributed by atoms with van der Waals surface area (Å²) in [6.07, 6.45) is 1.52. The highest BCUT2D eigenvalue weighted by atomic mass is 19.1. The van der Waals surface area contributed by atoms with Crippen molar-refractivity contribution in [2.45, 2.75) is 26.1 Å². The van der Waals surface area contributed by atoms with Crippen LogP contribution in [0.3, 0.4) is 0 Å². The summed E-state index contributed by atoms with van der Waals surface area (Å²) in [5.74, 6) is 0.0645. The number of aromatic nitrogens is 4. The van der Waals surface area contributed by atoms with Gasteiger partial charge in [-0.25, -0.2) is 9.37 Å². The number of rotatable bonds is 7. The predicted molar refractivity (Wildman–Crippen MR) is 136 cm³/mol. The molecular formula is C27H25FN6O4. The van der Waals surface area contributed by atoms with Gasteiger partial charge in [0.15, 0.2) is 5.82 Å². The maximum Gasteiger partial charge on any atom is 0.260 e. The Morgan fingerprint density at radius 2 is 1.87 bits per heavy atom. The summed E-state index contributed by atoms with van der Waals surface area (Å²) in [5.41, 5.74) is 2.85. The fourth-order valence-electron chi connectivity index (χ4n) is 4.34. The van der Waals surface area contributed by atoms with E-state index in [1.807, 2.05) is 6.92 Å². The molecule has 38 heavy (non-hydrogen) atoms. The molecule has 2 amide bonds. The highest BCUT2D eigenvalue weighted by Gasteiger charge is 2.27. The van der Waals surface area contributed by atoms with Crippen LogP contribution in [0.2, 0.25) is 0 Å². The summed E-state index contributed by atoms with van der Waals surface area (Å²) < 4.78 is 20.5. The van der Waals surface area contributed by atoms with E-state index >= 15 is 0 Å². The summed E-state index contributed by atoms with van der Waals surface area (Å²) in [7, 11) is 1.48. The fraction of sp³-hybridized carbons (Fsp3) is 0.222. The molecule has 0 aliphatic carbocycles. The lowest BCUT2D eigenvalue weighted by Gasteiger charge is -2.15. The molecule has 0 saturated heterocycles. The molecule has 194 valence electrons. The van der Waals surface area contributed by atoms with Crippen molar-refractivity contribution in [1.82, 2.24) is 24.6 Å². The number of ether oxygens (including phenoxy) is 1. The van der Waals surface area contributed by atoms with E-state index in [9.17, 15) is 19.1 Å². The molecule has 0 spiro atoms. The summed E-state index contributed by atoms with van der Waals surface area (Å²) in [5, 5.41) is 20.3. The van der Waals surface area contributed by atoms with Crippen LogP contribution in [0.5, 0.6) is 5.75 Å². The number of fused-ring (bicyclic) bond motifs is 1. The first-order valence-electron chi connectivity index (χ1n) is 11.9. The summed E-state index contributed by atoms with van der Waals surface area (Å²) in [4.78, 5) is 32.3. The molecular weight excluding hydrogens is 491 g/mol. The Morgan fingerprint density at radius 1 is 1.13 bits per heavy atom. The first-order valence-corrected chi connectivity index (χ1v) is 11.9. The molecule has 5 rings (SSSR count). The number of methoxy groups -OCH3 is 1. The van der Waals surface area contributed by atoms with Crippen LogP contribution in [0.25, 0.3) is 11.5 Å². The van der Waals surface area contributed by atoms with Crippen LogP contribution in [0.4, 0.5) is 10.2 Å². The van der Waals surface area contributed by atoms with Crippen molar-refractivity contribution < 1.29 is 23.8 Å². The van der Waals surface area contributed by atoms with Gasteiger partial charge >= 0.3 is 0 Å². The Bertz CT molecular complexity index is 1500. The molecule has 0 radical (unpaired) electrons. The Hall–Kier alpha value is -4.64. The van der Waals surface area contributed by atoms with Gasteiger partial charge < -0.3 is 24.6 Å². The molecule has 2 N–H and O–H groups in total. The van der Waals surface area contributed by atoms with Gasteiger partial charge in [0.25, 0.3) is 11.8 Å². The molecule has 2 aromatic carbocycles. The minimum absolute atomic E-state index is 0.0908. The van der Waals surface area contributed by atoms with Crippen molar-refractivity contribution >= 4 is 17.6 Å². The molecule has 0 unspecified atom stereocenters. The number of carbonyl (C=O) groups excluding carboxylic acids is 2. The lowest BCUT2D eigenvalue weighted by Crippen LogP contribution is -2.25. The second-order valence-corrected chi connectivity index (χ2v) is 8.94. The standard InChI is InChI=1S/C27H25FN6O4/c1-16(14-35)34-15-29-32-25(34)22-4-3-5-24(30-22)31-26(36)21-10-18-12-33(13-19(18)11-23(21)38-2)27(37)17-6-8-20(28)9-7-17/h3-11,15-16,35H,12-14H2,1-2H3,(H,30,31,36)/t16-/m1/s1. The van der Waals surface area contributed by atoms with Gasteiger partial charge in [-0.2, -0.15) is 0 Å². The number of benzene rings is 2. The van der Waals surface area contributed by atoms with E-state index in [0.29, 0.717) is 47.3 Å². The first kappa shape index (κ1) is 25.0. The van der Waals surface area contributed by atoms with Crippen molar-refractivity contribution in [3.05, 3.63) is 89.0 Å². The number of nitrogens with one attached hydrogen (secondary N) is 1. The second-order valence-electron chi connectivity index (χ2n) is 8.94. The minimum atomic E-state index is -0.428. The van der Waals surface area contributed by atoms with E-state index in [4.69, 9.17) is 4.74 Å². The van der Waals surface area contributed by atoms with Gasteiger partial charge in [-0.05, 0) is 66.6 Å². The Labute approximate surface area is 217 Å². The number of hydrogen-bond donors (Lipinski definition) is 2. The number of aliphatic hydroxyl groups excluding tert-OH is 1. The smallest absolute Gasteiger partial charge is 0.260 e. The van der Waals surface area contributed by atoms with Gasteiger partial charge in [0.1, 0.15) is 29.4 Å². The van der Waals surface area contributed by atoms with Crippen LogP contribution in [0, 0.1) is 5.82 Å². The number of amides is 2. The van der Waals surface area contributed by atoms with Crippen molar-refractivity contribution in [3.8, 4) is 17.3 Å². The van der Waals surface area contributed by atoms with Gasteiger partial charge in [-0.1, -0.05) is 6.07 Å². The summed E-state index contributed by atoms with van der Waals surface area (Å²) in [6.45, 7) is 2.39. The zero-order chi connectivity index (χ0) is 26.8. The molecule has 1 atom stereocenters. The zero-order valence-electron chi connectivity index (χ0n) is 20.8. The molecule has 4 aromatic rings. The lowest BCUT2D eigenvalue weighted by molar-refractivity contribution is 0.0751. The average Bonchev–Trinajstić information content (AvgIpc) is 3.59. The van der Waals surface area contributed by atoms with E-state index in [1.165, 1.54) is 37.7 Å². The summed E-state index contributed by atoms with van der Waals surface area (Å²) >= 11 is 0. The minimum Gasteiger partial charge on any atom is -0.496 e. The molecule has 11 heteroatoms. The number of hydrogen-bond acceptors (Lipinski definition) is 7. The topological polar surface area (TPSA) is 122 Å². The van der Waals surface area contributed by atoms with Gasteiger partial charge in [-0.15, -0.1) is 10.2 Å². The molecule has 0 fully saturated rings. The fourth-order valence-corrected chi connectivity index (χ4v) is 4.34. The van der Waals surface area contributed by atoms with E-state index in [1.54, 1.807) is 39.8 Å². The molecule has 0 saturated carbocycles. The van der Waals surface area contributed by atoms with Gasteiger partial charge in [-0.3, -0.25) is 9.59 Å². The Morgan fingerprint density at radius 3 is 2.58 bits per heavy atom. The average molecular weight is 517 g/mol. The molecule has 0 bridgehead atoms. The van der Waals surface area contributed by atoms with Crippen molar-refractivity contribution in [2.75, 3.05) is 19.0 Å². The molecule has 1 aliphatic heterocycles. The first-order chi connectivity index (χ1) is 18.4. The number of carbonyl (C=O) groups is 2. The zero-order valence-corrected chi connectivity index (χ0v) is 20.8. The third-order valence-corrected chi connectivity index (χ3v) is 6.40. The van der Waals surface area contributed by atoms with Crippen LogP contribution in [0.15, 0.2) is 60.9 Å². The van der Waals surface area contributed by atoms with E-state index in [0.717, 1.165) is 11.1 Å². The van der Waals surface area contributed by atoms with Gasteiger partial charge in [0, 0.05) is 18.7 Å². The lowest BCUT2D eigenvalue weighted by atomic mass is 10.0. The Kier molecular flexibility index (Phi) is 6.84. The number of anilines is 1. The van der Waals surface area contributed by atoms with E-state index in [2.05, 4.69) is 20.5 Å². The van der Waals surface area contributed by atoms with E-state index < -0.39 is 11.7 Å². The highest BCUT2D eigenvalue weighted by Crippen LogP contribution is 2.32. The van der Waals surface area contributed by atoms with Gasteiger partial charge in [0.2, 0.25) is 0 Å². The monoisotopic (exact) mass is 516 g/mol. The van der Waals surface area contributed by atoms with E-state index in [-0.39, 0.29) is 18.6 Å². The third kappa shape index (κ3) is 4.83. The maximum absolute atomic E-state index is 13.3. The maximum atomic E-state index is 13.3. The van der Waals surface area contributed by atoms with Crippen LogP contribution in [-0.4, -0.2) is 55.3 Å². The van der Waals surface area contributed by atoms with Crippen molar-refractivity contribution in [2.24, 2.45) is 0 Å². The molecule has 2 aromatic heterocycles. The van der Waals surface area contributed by atoms with Crippen LogP contribution in [0.1, 0.15) is 44.8 Å². The van der Waals surface area contributed by atoms with Gasteiger partial charge in [0.05, 0.1) is 25.3 Å². The highest BCUT2D eigenvalue weighted by molar-refractivity contribution is 6.06. The van der Waals surface area contributed by atoms with Crippen LogP contribution in [-0.2, 0) is 13.1 Å². The Balaban J connectivity index is 1.36. The summed E-state index contributed by atoms with van der Waals surface area (Å²) in [6, 6.07) is 13.8. The number of halogens is 1. The van der Waals surface area contributed by atoms with Crippen LogP contribution >= 0.6 is 0 Å². The number of aliphatic hydroxyl groups is 1. The number of pyridine rings is 1. The molecule has 1 aliphatic rings. The van der Waals surface area contributed by atoms with Crippen LogP contribution < -0.4 is 10.1 Å². The van der Waals surface area contributed by atoms with Crippen molar-refractivity contribution in [3.63, 3.8) is 0 Å². The van der Waals surface area contributed by atoms with Crippen molar-refractivity contribution in [1.29, 1.82) is 0 Å².